The van der Waals surface area contributed by atoms with Crippen LogP contribution in [-0.4, -0.2) is 95.4 Å². The van der Waals surface area contributed by atoms with E-state index in [9.17, 15) is 38.5 Å². The minimum atomic E-state index is -5.10. The van der Waals surface area contributed by atoms with Crippen molar-refractivity contribution in [1.29, 1.82) is 0 Å². The van der Waals surface area contributed by atoms with Crippen LogP contribution in [0.5, 0.6) is 0 Å². The number of rotatable bonds is 35. The van der Waals surface area contributed by atoms with Crippen molar-refractivity contribution in [3.8, 4) is 0 Å². The fourth-order valence-corrected chi connectivity index (χ4v) is 7.16. The zero-order valence-electron chi connectivity index (χ0n) is 34.0. The number of unbranched alkanes of at least 4 members (excludes halogenated alkanes) is 23. The maximum atomic E-state index is 12.9. The van der Waals surface area contributed by atoms with Gasteiger partial charge in [-0.2, -0.15) is 8.42 Å². The van der Waals surface area contributed by atoms with Gasteiger partial charge in [0.1, 0.15) is 24.4 Å². The Labute approximate surface area is 350 Å². The molecule has 0 saturated carbocycles. The van der Waals surface area contributed by atoms with Gasteiger partial charge in [-0.3, -0.25) is 9.55 Å². The molecule has 7 atom stereocenters. The van der Waals surface area contributed by atoms with E-state index in [0.717, 1.165) is 44.9 Å². The molecule has 1 rings (SSSR count). The fraction of sp³-hybridized carbons (Fsp3) is 0.925. The minimum Gasteiger partial charge on any atom is -0.862 e. The van der Waals surface area contributed by atoms with E-state index < -0.39 is 72.4 Å². The van der Waals surface area contributed by atoms with E-state index in [2.05, 4.69) is 23.0 Å². The average molecular weight is 802 g/mol. The molecule has 54 heavy (non-hydrogen) atoms. The first-order valence-corrected chi connectivity index (χ1v) is 22.4. The third-order valence-electron chi connectivity index (χ3n) is 9.99. The Morgan fingerprint density at radius 1 is 0.759 bits per heavy atom. The van der Waals surface area contributed by atoms with Gasteiger partial charge in [0, 0.05) is 0 Å². The van der Waals surface area contributed by atoms with Gasteiger partial charge in [0.2, 0.25) is 0 Å². The molecular formula is C40H76NNaO11S. The number of hydrogen-bond acceptors (Lipinski definition) is 11. The average Bonchev–Trinajstić information content (AvgIpc) is 3.12. The number of ether oxygens (including phenoxy) is 2. The van der Waals surface area contributed by atoms with Crippen molar-refractivity contribution >= 4 is 16.3 Å². The smallest absolute Gasteiger partial charge is 0.862 e. The van der Waals surface area contributed by atoms with Crippen LogP contribution in [0.15, 0.2) is 17.1 Å². The number of allylic oxidation sites excluding steroid dienone is 1. The van der Waals surface area contributed by atoms with Gasteiger partial charge in [-0.1, -0.05) is 167 Å². The van der Waals surface area contributed by atoms with Crippen LogP contribution < -0.4 is 34.7 Å². The van der Waals surface area contributed by atoms with Gasteiger partial charge in [-0.05, 0) is 31.6 Å². The monoisotopic (exact) mass is 802 g/mol. The molecule has 12 nitrogen and oxygen atoms in total. The van der Waals surface area contributed by atoms with Crippen LogP contribution in [-0.2, 0) is 24.1 Å². The van der Waals surface area contributed by atoms with Gasteiger partial charge in [-0.25, -0.2) is 4.18 Å². The molecule has 0 aromatic carbocycles. The van der Waals surface area contributed by atoms with Crippen LogP contribution in [0.25, 0.3) is 0 Å². The number of nitrogens with zero attached hydrogens (tertiary/aromatic N) is 1. The molecule has 0 amide bonds. The predicted molar refractivity (Wildman–Crippen MR) is 208 cm³/mol. The summed E-state index contributed by atoms with van der Waals surface area (Å²) in [7, 11) is -5.10. The molecule has 0 aromatic rings. The van der Waals surface area contributed by atoms with Crippen LogP contribution in [0.2, 0.25) is 0 Å². The summed E-state index contributed by atoms with van der Waals surface area (Å²) in [6.07, 6.45) is 23.4. The molecule has 0 spiro atoms. The van der Waals surface area contributed by atoms with Gasteiger partial charge in [0.15, 0.2) is 12.4 Å². The summed E-state index contributed by atoms with van der Waals surface area (Å²) >= 11 is 0. The molecule has 1 fully saturated rings. The Bertz CT molecular complexity index is 1040. The molecule has 5 N–H and O–H groups in total. The van der Waals surface area contributed by atoms with E-state index in [1.54, 1.807) is 6.08 Å². The summed E-state index contributed by atoms with van der Waals surface area (Å²) in [5, 5.41) is 54.2. The standard InChI is InChI=1S/C40H77NO11S.Na/c1-3-5-7-9-11-13-15-17-19-21-23-25-27-29-34(43)33(32-50-40-39(52-53(47,48)49)38(46)37(45)35(31-42)51-40)41-36(44)30-28-26-24-22-20-18-16-14-12-10-8-6-4-2;/h27,29,33-35,37-40,42-43,45-46H,3-26,28,30-32H2,1-2H3,(H,41,44)(H,47,48,49);/q;+1/p-1/b29-27+;/t33-,34+,35+,37-,38-,39+,40+;/m0./s1. The molecule has 1 heterocycles. The van der Waals surface area contributed by atoms with Gasteiger partial charge < -0.3 is 35.0 Å². The largest absolute Gasteiger partial charge is 1.00 e. The number of hydrogen-bond donors (Lipinski definition) is 5. The first-order valence-electron chi connectivity index (χ1n) is 21.0. The van der Waals surface area contributed by atoms with Crippen molar-refractivity contribution in [2.45, 2.75) is 224 Å². The Balaban J connectivity index is 0.0000281. The number of aliphatic hydroxyl groups is 4. The van der Waals surface area contributed by atoms with E-state index >= 15 is 0 Å². The van der Waals surface area contributed by atoms with Crippen molar-refractivity contribution in [2.24, 2.45) is 4.99 Å². The molecule has 1 saturated heterocycles. The molecule has 1 aliphatic rings. The normalized spacial score (nSPS) is 22.1. The van der Waals surface area contributed by atoms with Crippen LogP contribution in [0, 0.1) is 0 Å². The van der Waals surface area contributed by atoms with Crippen molar-refractivity contribution in [3.05, 3.63) is 12.2 Å². The molecule has 0 aliphatic carbocycles. The molecule has 0 radical (unpaired) electrons. The summed E-state index contributed by atoms with van der Waals surface area (Å²) < 4.78 is 47.9. The maximum absolute atomic E-state index is 12.9. The van der Waals surface area contributed by atoms with Crippen LogP contribution in [0.3, 0.4) is 0 Å². The summed E-state index contributed by atoms with van der Waals surface area (Å²) in [5.41, 5.74) is 0. The number of aliphatic hydroxyl groups excluding tert-OH is 4. The summed E-state index contributed by atoms with van der Waals surface area (Å²) in [6, 6.07) is -1.09. The third kappa shape index (κ3) is 27.5. The molecule has 0 aromatic heterocycles. The first-order chi connectivity index (χ1) is 25.5. The molecule has 0 unspecified atom stereocenters. The SMILES string of the molecule is CCCCCCCCCCCCC/C=C/[C@@H](O)[C@H](CO[C@@H]1O[C@H](CO)[C@H](O)[C@H](O)[C@H]1OS(=O)(=O)O)N=C([O-])CCCCCCCCCCCCCCC.[Na+]. The van der Waals surface area contributed by atoms with Gasteiger partial charge in [-0.15, -0.1) is 0 Å². The number of aliphatic imine (C=N–C) groups is 1. The van der Waals surface area contributed by atoms with Crippen LogP contribution in [0.4, 0.5) is 0 Å². The molecule has 14 heteroatoms. The molecule has 0 bridgehead atoms. The van der Waals surface area contributed by atoms with E-state index in [-0.39, 0.29) is 36.0 Å². The van der Waals surface area contributed by atoms with Gasteiger partial charge in [0.25, 0.3) is 0 Å². The van der Waals surface area contributed by atoms with E-state index in [4.69, 9.17) is 9.47 Å². The molecular weight excluding hydrogens is 725 g/mol. The topological polar surface area (TPSA) is 198 Å². The Morgan fingerprint density at radius 2 is 1.20 bits per heavy atom. The molecule has 1 aliphatic heterocycles. The van der Waals surface area contributed by atoms with Crippen molar-refractivity contribution in [2.75, 3.05) is 13.2 Å². The summed E-state index contributed by atoms with van der Waals surface area (Å²) in [5.74, 6) is -0.404. The van der Waals surface area contributed by atoms with Crippen molar-refractivity contribution < 1.29 is 81.7 Å². The summed E-state index contributed by atoms with van der Waals surface area (Å²) in [6.45, 7) is 3.29. The van der Waals surface area contributed by atoms with E-state index in [1.807, 2.05) is 6.08 Å². The second-order valence-electron chi connectivity index (χ2n) is 14.9. The first kappa shape index (κ1) is 53.8. The quantitative estimate of drug-likeness (QED) is 0.0156. The van der Waals surface area contributed by atoms with E-state index in [1.165, 1.54) is 109 Å². The minimum absolute atomic E-state index is 0. The Morgan fingerprint density at radius 3 is 1.65 bits per heavy atom. The zero-order chi connectivity index (χ0) is 39.2. The third-order valence-corrected chi connectivity index (χ3v) is 10.5. The summed E-state index contributed by atoms with van der Waals surface area (Å²) in [4.78, 5) is 4.22. The van der Waals surface area contributed by atoms with Crippen molar-refractivity contribution in [1.82, 2.24) is 0 Å². The second kappa shape index (κ2) is 34.8. The molecule has 314 valence electrons. The van der Waals surface area contributed by atoms with Crippen LogP contribution >= 0.6 is 0 Å². The Kier molecular flexibility index (Phi) is 34.7. The predicted octanol–water partition coefficient (Wildman–Crippen LogP) is 3.86. The van der Waals surface area contributed by atoms with Crippen molar-refractivity contribution in [3.63, 3.8) is 0 Å². The van der Waals surface area contributed by atoms with E-state index in [0.29, 0.717) is 6.42 Å². The fourth-order valence-electron chi connectivity index (χ4n) is 6.67. The van der Waals surface area contributed by atoms with Gasteiger partial charge in [0.05, 0.1) is 19.3 Å². The maximum Gasteiger partial charge on any atom is 1.00 e. The Hall–Kier alpha value is -0.160. The zero-order valence-corrected chi connectivity index (χ0v) is 36.9. The van der Waals surface area contributed by atoms with Gasteiger partial charge >= 0.3 is 40.0 Å². The van der Waals surface area contributed by atoms with Crippen LogP contribution in [0.1, 0.15) is 181 Å². The second-order valence-corrected chi connectivity index (χ2v) is 15.9.